The lowest BCUT2D eigenvalue weighted by Gasteiger charge is -2.12. The monoisotopic (exact) mass is 528 g/mol. The largest absolute Gasteiger partial charge is 0.505 e. The van der Waals surface area contributed by atoms with Gasteiger partial charge < -0.3 is 25.4 Å². The van der Waals surface area contributed by atoms with Crippen LogP contribution >= 0.6 is 0 Å². The van der Waals surface area contributed by atoms with Crippen molar-refractivity contribution in [1.29, 1.82) is 0 Å². The molecule has 0 saturated carbocycles. The summed E-state index contributed by atoms with van der Waals surface area (Å²) < 4.78 is 41.7. The summed E-state index contributed by atoms with van der Waals surface area (Å²) in [5.74, 6) is -1.15. The summed E-state index contributed by atoms with van der Waals surface area (Å²) in [6.45, 7) is 2.22. The molecule has 0 aliphatic heterocycles. The van der Waals surface area contributed by atoms with Crippen molar-refractivity contribution in [3.63, 3.8) is 0 Å². The van der Waals surface area contributed by atoms with E-state index in [2.05, 4.69) is 5.32 Å². The van der Waals surface area contributed by atoms with Crippen molar-refractivity contribution in [3.05, 3.63) is 59.4 Å². The van der Waals surface area contributed by atoms with Gasteiger partial charge in [0.05, 0.1) is 11.0 Å². The highest BCUT2D eigenvalue weighted by molar-refractivity contribution is 7.89. The van der Waals surface area contributed by atoms with E-state index in [1.165, 1.54) is 18.2 Å². The zero-order chi connectivity index (χ0) is 26.8. The van der Waals surface area contributed by atoms with Crippen molar-refractivity contribution in [3.8, 4) is 5.75 Å². The molecule has 0 aromatic heterocycles. The van der Waals surface area contributed by atoms with Crippen molar-refractivity contribution < 1.29 is 37.7 Å². The van der Waals surface area contributed by atoms with Crippen LogP contribution in [0, 0.1) is 5.82 Å². The van der Waals surface area contributed by atoms with Crippen LogP contribution in [0.3, 0.4) is 0 Å². The average molecular weight is 529 g/mol. The Hall–Kier alpha value is -2.57. The predicted molar refractivity (Wildman–Crippen MR) is 135 cm³/mol. The van der Waals surface area contributed by atoms with Crippen molar-refractivity contribution in [2.24, 2.45) is 5.14 Å². The molecule has 0 aliphatic rings. The zero-order valence-electron chi connectivity index (χ0n) is 20.3. The Morgan fingerprint density at radius 2 is 1.69 bits per heavy atom. The second-order valence-electron chi connectivity index (χ2n) is 8.21. The Labute approximate surface area is 212 Å². The topological polar surface area (TPSA) is 159 Å². The standard InChI is InChI=1S/C24H35FN2O5S.CH2O2/c25-22-17-20(11-12-23(22)28)24(29)18-27-13-4-2-1-3-5-14-32-15-7-9-19-8-6-10-21(16-19)33(26,30)31;2-1-3/h6,8,10-12,16-17,24,27-29H,1-5,7,9,13-15,18H2,(H2,26,30,31);1H,(H,2,3)/t24-;/m0./s1. The first-order valence-electron chi connectivity index (χ1n) is 11.8. The summed E-state index contributed by atoms with van der Waals surface area (Å²) in [6.07, 6.45) is 6.03. The number of phenols is 1. The Morgan fingerprint density at radius 1 is 1.03 bits per heavy atom. The first-order valence-corrected chi connectivity index (χ1v) is 13.4. The lowest BCUT2D eigenvalue weighted by Crippen LogP contribution is -2.22. The zero-order valence-corrected chi connectivity index (χ0v) is 21.1. The number of sulfonamides is 1. The minimum atomic E-state index is -3.67. The van der Waals surface area contributed by atoms with E-state index in [-0.39, 0.29) is 11.4 Å². The number of halogens is 1. The molecule has 202 valence electrons. The molecule has 0 amide bonds. The molecular weight excluding hydrogens is 491 g/mol. The number of carboxylic acid groups (broad SMARTS) is 1. The van der Waals surface area contributed by atoms with E-state index in [0.29, 0.717) is 25.3 Å². The van der Waals surface area contributed by atoms with Crippen LogP contribution in [0.5, 0.6) is 5.75 Å². The Balaban J connectivity index is 0.00000205. The maximum atomic E-state index is 13.3. The van der Waals surface area contributed by atoms with Gasteiger partial charge in [-0.2, -0.15) is 0 Å². The molecule has 2 rings (SSSR count). The molecule has 0 bridgehead atoms. The van der Waals surface area contributed by atoms with Crippen molar-refractivity contribution in [1.82, 2.24) is 5.32 Å². The minimum absolute atomic E-state index is 0.139. The molecule has 11 heteroatoms. The third-order valence-electron chi connectivity index (χ3n) is 5.32. The number of hydrogen-bond acceptors (Lipinski definition) is 7. The van der Waals surface area contributed by atoms with Crippen LogP contribution in [-0.2, 0) is 26.0 Å². The molecule has 6 N–H and O–H groups in total. The van der Waals surface area contributed by atoms with Gasteiger partial charge in [0, 0.05) is 19.8 Å². The lowest BCUT2D eigenvalue weighted by atomic mass is 10.1. The highest BCUT2D eigenvalue weighted by atomic mass is 32.2. The fourth-order valence-electron chi connectivity index (χ4n) is 3.43. The van der Waals surface area contributed by atoms with Crippen LogP contribution in [0.4, 0.5) is 4.39 Å². The fraction of sp³-hybridized carbons (Fsp3) is 0.480. The average Bonchev–Trinajstić information content (AvgIpc) is 2.83. The molecular formula is C25H37FN2O7S. The maximum absolute atomic E-state index is 13.3. The highest BCUT2D eigenvalue weighted by Gasteiger charge is 2.10. The molecule has 2 aromatic rings. The van der Waals surface area contributed by atoms with E-state index in [4.69, 9.17) is 19.8 Å². The molecule has 0 fully saturated rings. The number of carbonyl (C=O) groups is 1. The number of ether oxygens (including phenoxy) is 1. The number of nitrogens with two attached hydrogens (primary N) is 1. The second kappa shape index (κ2) is 17.8. The SMILES string of the molecule is NS(=O)(=O)c1cccc(CCCOCCCCCCCNC[C@H](O)c2ccc(O)c(F)c2)c1.O=CO. The van der Waals surface area contributed by atoms with Gasteiger partial charge in [-0.25, -0.2) is 17.9 Å². The number of rotatable bonds is 16. The number of unbranched alkanes of at least 4 members (excludes halogenated alkanes) is 4. The van der Waals surface area contributed by atoms with Crippen LogP contribution in [0.1, 0.15) is 55.8 Å². The molecule has 0 heterocycles. The molecule has 1 atom stereocenters. The van der Waals surface area contributed by atoms with Crippen molar-refractivity contribution in [2.75, 3.05) is 26.3 Å². The van der Waals surface area contributed by atoms with Gasteiger partial charge in [-0.3, -0.25) is 4.79 Å². The number of aliphatic hydroxyl groups excluding tert-OH is 1. The third kappa shape index (κ3) is 13.5. The Bertz CT molecular complexity index is 1010. The molecule has 0 aliphatic carbocycles. The smallest absolute Gasteiger partial charge is 0.290 e. The molecule has 9 nitrogen and oxygen atoms in total. The minimum Gasteiger partial charge on any atom is -0.505 e. The van der Waals surface area contributed by atoms with E-state index in [1.807, 2.05) is 6.07 Å². The van der Waals surface area contributed by atoms with Gasteiger partial charge in [0.2, 0.25) is 10.0 Å². The lowest BCUT2D eigenvalue weighted by molar-refractivity contribution is -0.122. The summed E-state index contributed by atoms with van der Waals surface area (Å²) in [4.78, 5) is 8.50. The van der Waals surface area contributed by atoms with Gasteiger partial charge in [-0.05, 0) is 67.6 Å². The summed E-state index contributed by atoms with van der Waals surface area (Å²) in [5, 5.41) is 34.4. The quantitative estimate of drug-likeness (QED) is 0.164. The second-order valence-corrected chi connectivity index (χ2v) is 9.77. The molecule has 0 radical (unpaired) electrons. The number of aryl methyl sites for hydroxylation is 1. The Morgan fingerprint density at radius 3 is 2.39 bits per heavy atom. The van der Waals surface area contributed by atoms with Gasteiger partial charge in [-0.1, -0.05) is 37.5 Å². The predicted octanol–water partition coefficient (Wildman–Crippen LogP) is 3.10. The van der Waals surface area contributed by atoms with Crippen LogP contribution in [0.2, 0.25) is 0 Å². The van der Waals surface area contributed by atoms with Gasteiger partial charge >= 0.3 is 0 Å². The van der Waals surface area contributed by atoms with Crippen LogP contribution < -0.4 is 10.5 Å². The van der Waals surface area contributed by atoms with Crippen molar-refractivity contribution >= 4 is 16.5 Å². The van der Waals surface area contributed by atoms with Crippen molar-refractivity contribution in [2.45, 2.75) is 55.9 Å². The number of aliphatic hydroxyl groups is 1. The summed E-state index contributed by atoms with van der Waals surface area (Å²) >= 11 is 0. The molecule has 0 saturated heterocycles. The number of phenolic OH excluding ortho intramolecular Hbond substituents is 1. The van der Waals surface area contributed by atoms with Crippen LogP contribution in [0.15, 0.2) is 47.4 Å². The summed E-state index contributed by atoms with van der Waals surface area (Å²) in [7, 11) is -3.67. The molecule has 0 spiro atoms. The number of hydrogen-bond donors (Lipinski definition) is 5. The first kappa shape index (κ1) is 31.5. The summed E-state index contributed by atoms with van der Waals surface area (Å²) in [6, 6.07) is 10.6. The van der Waals surface area contributed by atoms with E-state index >= 15 is 0 Å². The number of nitrogens with one attached hydrogen (secondary N) is 1. The molecule has 0 unspecified atom stereocenters. The van der Waals surface area contributed by atoms with E-state index in [0.717, 1.165) is 63.1 Å². The van der Waals surface area contributed by atoms with E-state index in [9.17, 15) is 23.0 Å². The normalized spacial score (nSPS) is 12.0. The first-order chi connectivity index (χ1) is 17.2. The van der Waals surface area contributed by atoms with Gasteiger partial charge in [0.15, 0.2) is 11.6 Å². The number of benzene rings is 2. The van der Waals surface area contributed by atoms with Gasteiger partial charge in [0.25, 0.3) is 6.47 Å². The molecule has 36 heavy (non-hydrogen) atoms. The highest BCUT2D eigenvalue weighted by Crippen LogP contribution is 2.20. The number of primary sulfonamides is 1. The third-order valence-corrected chi connectivity index (χ3v) is 6.23. The Kier molecular flexibility index (Phi) is 15.6. The fourth-order valence-corrected chi connectivity index (χ4v) is 4.01. The maximum Gasteiger partial charge on any atom is 0.290 e. The van der Waals surface area contributed by atoms with E-state index < -0.39 is 27.7 Å². The van der Waals surface area contributed by atoms with Gasteiger partial charge in [0.1, 0.15) is 0 Å². The van der Waals surface area contributed by atoms with Crippen LogP contribution in [0.25, 0.3) is 0 Å². The van der Waals surface area contributed by atoms with Crippen LogP contribution in [-0.4, -0.2) is 56.5 Å². The van der Waals surface area contributed by atoms with Gasteiger partial charge in [-0.15, -0.1) is 0 Å². The molecule has 2 aromatic carbocycles. The van der Waals surface area contributed by atoms with E-state index in [1.54, 1.807) is 12.1 Å². The summed E-state index contributed by atoms with van der Waals surface area (Å²) in [5.41, 5.74) is 1.37. The number of aromatic hydroxyl groups is 1.